The topological polar surface area (TPSA) is 134 Å². The third-order valence-corrected chi connectivity index (χ3v) is 3.05. The second-order valence-corrected chi connectivity index (χ2v) is 4.50. The van der Waals surface area contributed by atoms with E-state index in [1.165, 1.54) is 5.01 Å². The number of nitrogens with one attached hydrogen (secondary N) is 1. The molecule has 0 radical (unpaired) electrons. The van der Waals surface area contributed by atoms with Crippen LogP contribution in [-0.4, -0.2) is 22.1 Å². The summed E-state index contributed by atoms with van der Waals surface area (Å²) in [6.07, 6.45) is 1.10. The Bertz CT molecular complexity index is 676. The van der Waals surface area contributed by atoms with Crippen LogP contribution >= 0.6 is 0 Å². The van der Waals surface area contributed by atoms with Gasteiger partial charge in [-0.15, -0.1) is 0 Å². The molecule has 0 aliphatic heterocycles. The molecule has 106 valence electrons. The molecule has 1 aromatic heterocycles. The van der Waals surface area contributed by atoms with Gasteiger partial charge in [0.1, 0.15) is 6.04 Å². The van der Waals surface area contributed by atoms with Crippen molar-refractivity contribution in [2.75, 3.05) is 5.01 Å². The summed E-state index contributed by atoms with van der Waals surface area (Å²) < 4.78 is 0. The van der Waals surface area contributed by atoms with Gasteiger partial charge in [0, 0.05) is 22.8 Å². The zero-order valence-electron chi connectivity index (χ0n) is 11.0. The van der Waals surface area contributed by atoms with Crippen LogP contribution in [0, 0.1) is 6.92 Å². The highest BCUT2D eigenvalue weighted by Gasteiger charge is 2.22. The maximum atomic E-state index is 10.9. The van der Waals surface area contributed by atoms with Crippen molar-refractivity contribution in [3.05, 3.63) is 41.9 Å². The zero-order chi connectivity index (χ0) is 14.9. The molecule has 0 saturated carbocycles. The molecule has 2 rings (SSSR count). The molecule has 0 amide bonds. The SMILES string of the molecule is Cc1cc2cc(N(N)/C(=C\N)C(N)C(=O)O)ccc2[nH]1. The van der Waals surface area contributed by atoms with Gasteiger partial charge in [-0.3, -0.25) is 9.80 Å². The van der Waals surface area contributed by atoms with Crippen molar-refractivity contribution in [3.63, 3.8) is 0 Å². The summed E-state index contributed by atoms with van der Waals surface area (Å²) in [5.41, 5.74) is 13.7. The lowest BCUT2D eigenvalue weighted by atomic mass is 10.2. The van der Waals surface area contributed by atoms with Crippen molar-refractivity contribution in [1.82, 2.24) is 4.98 Å². The number of carbonyl (C=O) groups is 1. The number of hydrogen-bond donors (Lipinski definition) is 5. The van der Waals surface area contributed by atoms with Crippen molar-refractivity contribution >= 4 is 22.6 Å². The molecule has 7 heteroatoms. The fourth-order valence-corrected chi connectivity index (χ4v) is 2.02. The van der Waals surface area contributed by atoms with E-state index in [-0.39, 0.29) is 5.70 Å². The number of aromatic nitrogens is 1. The highest BCUT2D eigenvalue weighted by atomic mass is 16.4. The maximum Gasteiger partial charge on any atom is 0.326 e. The Labute approximate surface area is 115 Å². The minimum absolute atomic E-state index is 0.115. The third-order valence-electron chi connectivity index (χ3n) is 3.05. The number of nitrogens with zero attached hydrogens (tertiary/aromatic N) is 1. The van der Waals surface area contributed by atoms with Crippen LogP contribution < -0.4 is 22.3 Å². The number of fused-ring (bicyclic) bond motifs is 1. The van der Waals surface area contributed by atoms with Crippen LogP contribution in [0.4, 0.5) is 5.69 Å². The van der Waals surface area contributed by atoms with Gasteiger partial charge in [-0.2, -0.15) is 0 Å². The van der Waals surface area contributed by atoms with Gasteiger partial charge in [-0.05, 0) is 31.2 Å². The maximum absolute atomic E-state index is 10.9. The van der Waals surface area contributed by atoms with E-state index in [4.69, 9.17) is 22.4 Å². The van der Waals surface area contributed by atoms with Crippen molar-refractivity contribution in [1.29, 1.82) is 0 Å². The van der Waals surface area contributed by atoms with Gasteiger partial charge in [0.15, 0.2) is 0 Å². The third kappa shape index (κ3) is 2.44. The van der Waals surface area contributed by atoms with E-state index < -0.39 is 12.0 Å². The summed E-state index contributed by atoms with van der Waals surface area (Å²) in [6.45, 7) is 1.95. The molecular weight excluding hydrogens is 258 g/mol. The first-order chi connectivity index (χ1) is 9.43. The van der Waals surface area contributed by atoms with E-state index in [9.17, 15) is 4.79 Å². The second kappa shape index (κ2) is 5.24. The molecule has 8 N–H and O–H groups in total. The first-order valence-electron chi connectivity index (χ1n) is 5.98. The molecular formula is C13H17N5O2. The Morgan fingerprint density at radius 2 is 2.15 bits per heavy atom. The summed E-state index contributed by atoms with van der Waals surface area (Å²) in [5, 5.41) is 11.1. The molecule has 1 atom stereocenters. The Kier molecular flexibility index (Phi) is 3.64. The normalized spacial score (nSPS) is 13.4. The minimum atomic E-state index is -1.28. The number of benzene rings is 1. The number of aryl methyl sites for hydroxylation is 1. The van der Waals surface area contributed by atoms with Crippen LogP contribution in [0.25, 0.3) is 10.9 Å². The van der Waals surface area contributed by atoms with E-state index in [1.807, 2.05) is 25.1 Å². The summed E-state index contributed by atoms with van der Waals surface area (Å²) in [4.78, 5) is 14.1. The number of hydrogen-bond acceptors (Lipinski definition) is 5. The number of aliphatic carboxylic acids is 1. The second-order valence-electron chi connectivity index (χ2n) is 4.50. The van der Waals surface area contributed by atoms with Gasteiger partial charge < -0.3 is 21.6 Å². The number of aromatic amines is 1. The van der Waals surface area contributed by atoms with Crippen molar-refractivity contribution in [2.24, 2.45) is 17.3 Å². The van der Waals surface area contributed by atoms with Crippen LogP contribution in [0.5, 0.6) is 0 Å². The number of anilines is 1. The van der Waals surface area contributed by atoms with Crippen LogP contribution in [0.2, 0.25) is 0 Å². The average Bonchev–Trinajstić information content (AvgIpc) is 2.77. The molecule has 0 fully saturated rings. The molecule has 0 aliphatic rings. The van der Waals surface area contributed by atoms with Gasteiger partial charge in [0.2, 0.25) is 0 Å². The van der Waals surface area contributed by atoms with Gasteiger partial charge in [0.05, 0.1) is 11.4 Å². The van der Waals surface area contributed by atoms with E-state index in [0.29, 0.717) is 5.69 Å². The zero-order valence-corrected chi connectivity index (χ0v) is 11.0. The largest absolute Gasteiger partial charge is 0.480 e. The lowest BCUT2D eigenvalue weighted by molar-refractivity contribution is -0.137. The van der Waals surface area contributed by atoms with Crippen molar-refractivity contribution in [3.8, 4) is 0 Å². The predicted octanol–water partition coefficient (Wildman–Crippen LogP) is 0.368. The smallest absolute Gasteiger partial charge is 0.326 e. The van der Waals surface area contributed by atoms with E-state index >= 15 is 0 Å². The minimum Gasteiger partial charge on any atom is -0.480 e. The monoisotopic (exact) mass is 275 g/mol. The molecule has 0 aliphatic carbocycles. The van der Waals surface area contributed by atoms with Crippen LogP contribution in [0.1, 0.15) is 5.69 Å². The number of carboxylic acids is 1. The number of H-pyrrole nitrogens is 1. The fraction of sp³-hybridized carbons (Fsp3) is 0.154. The van der Waals surface area contributed by atoms with E-state index in [2.05, 4.69) is 4.98 Å². The number of rotatable bonds is 4. The molecule has 1 aromatic carbocycles. The molecule has 0 bridgehead atoms. The van der Waals surface area contributed by atoms with E-state index in [1.54, 1.807) is 6.07 Å². The van der Waals surface area contributed by atoms with Gasteiger partial charge >= 0.3 is 5.97 Å². The number of nitrogens with two attached hydrogens (primary N) is 3. The Morgan fingerprint density at radius 3 is 2.75 bits per heavy atom. The molecule has 1 heterocycles. The summed E-state index contributed by atoms with van der Waals surface area (Å²) in [6, 6.07) is 6.13. The summed E-state index contributed by atoms with van der Waals surface area (Å²) in [7, 11) is 0. The van der Waals surface area contributed by atoms with Crippen molar-refractivity contribution in [2.45, 2.75) is 13.0 Å². The average molecular weight is 275 g/mol. The molecule has 20 heavy (non-hydrogen) atoms. The van der Waals surface area contributed by atoms with Crippen LogP contribution in [0.3, 0.4) is 0 Å². The number of carboxylic acid groups (broad SMARTS) is 1. The Hall–Kier alpha value is -2.51. The van der Waals surface area contributed by atoms with Gasteiger partial charge in [-0.25, -0.2) is 5.84 Å². The Balaban J connectivity index is 2.38. The summed E-state index contributed by atoms with van der Waals surface area (Å²) in [5.74, 6) is 4.72. The molecule has 1 unspecified atom stereocenters. The highest BCUT2D eigenvalue weighted by Crippen LogP contribution is 2.23. The standard InChI is InChI=1S/C13H17N5O2/c1-7-4-8-5-9(2-3-10(8)17-7)18(16)11(6-14)12(15)13(19)20/h2-6,12,17H,14-16H2,1H3,(H,19,20)/b11-6-. The quantitative estimate of drug-likeness (QED) is 0.404. The van der Waals surface area contributed by atoms with Crippen LogP contribution in [-0.2, 0) is 4.79 Å². The molecule has 0 spiro atoms. The van der Waals surface area contributed by atoms with E-state index in [0.717, 1.165) is 22.8 Å². The van der Waals surface area contributed by atoms with Crippen LogP contribution in [0.15, 0.2) is 36.2 Å². The molecule has 7 nitrogen and oxygen atoms in total. The van der Waals surface area contributed by atoms with Gasteiger partial charge in [-0.1, -0.05) is 0 Å². The fourth-order valence-electron chi connectivity index (χ4n) is 2.02. The Morgan fingerprint density at radius 1 is 1.45 bits per heavy atom. The lowest BCUT2D eigenvalue weighted by Gasteiger charge is -2.24. The lowest BCUT2D eigenvalue weighted by Crippen LogP contribution is -2.44. The first-order valence-corrected chi connectivity index (χ1v) is 5.98. The van der Waals surface area contributed by atoms with Crippen molar-refractivity contribution < 1.29 is 9.90 Å². The summed E-state index contributed by atoms with van der Waals surface area (Å²) >= 11 is 0. The first kappa shape index (κ1) is 13.9. The highest BCUT2D eigenvalue weighted by molar-refractivity contribution is 5.85. The number of hydrazine groups is 1. The van der Waals surface area contributed by atoms with Gasteiger partial charge in [0.25, 0.3) is 0 Å². The molecule has 0 saturated heterocycles. The molecule has 2 aromatic rings. The predicted molar refractivity (Wildman–Crippen MR) is 77.6 cm³/mol.